The largest absolute Gasteiger partial charge is 0.480 e. The molecule has 0 spiro atoms. The summed E-state index contributed by atoms with van der Waals surface area (Å²) in [6.45, 7) is 6.10. The van der Waals surface area contributed by atoms with E-state index in [1.54, 1.807) is 35.2 Å². The van der Waals surface area contributed by atoms with Crippen molar-refractivity contribution < 1.29 is 23.8 Å². The summed E-state index contributed by atoms with van der Waals surface area (Å²) < 4.78 is 21.6. The number of carboxylic acid groups (broad SMARTS) is 1. The Balaban J connectivity index is 1.32. The summed E-state index contributed by atoms with van der Waals surface area (Å²) in [4.78, 5) is 28.2. The molecule has 10 heteroatoms. The van der Waals surface area contributed by atoms with E-state index < -0.39 is 41.8 Å². The highest BCUT2D eigenvalue weighted by atomic mass is 35.5. The molecular formula is C38H36Cl3FN2O4. The van der Waals surface area contributed by atoms with Crippen molar-refractivity contribution in [1.29, 1.82) is 0 Å². The molecule has 1 amide bonds. The van der Waals surface area contributed by atoms with Crippen molar-refractivity contribution in [1.82, 2.24) is 10.2 Å². The zero-order valence-electron chi connectivity index (χ0n) is 26.7. The van der Waals surface area contributed by atoms with Gasteiger partial charge in [0.25, 0.3) is 0 Å². The van der Waals surface area contributed by atoms with Crippen LogP contribution in [0.2, 0.25) is 15.1 Å². The standard InChI is InChI=1S/C38H36Cl3FN2O4/c1-38(2,3)18-32-34(27-14-13-22(39)17-31(27)42)33(21-12-15-29(40)30(41)16-21)35(36(45)46)44(32)20-43-37(47)48-19-28-25-10-6-4-8-23(25)24-9-5-7-11-26(24)28/h4-17,28,32-35H,18-20H2,1-3H3,(H,43,47)(H,45,46). The van der Waals surface area contributed by atoms with Gasteiger partial charge in [0.2, 0.25) is 0 Å². The first-order chi connectivity index (χ1) is 22.8. The van der Waals surface area contributed by atoms with Crippen LogP contribution in [0, 0.1) is 11.2 Å². The van der Waals surface area contributed by atoms with E-state index in [9.17, 15) is 14.7 Å². The van der Waals surface area contributed by atoms with Crippen LogP contribution in [-0.2, 0) is 9.53 Å². The number of ether oxygens (including phenoxy) is 1. The fourth-order valence-corrected chi connectivity index (χ4v) is 7.99. The number of alkyl carbamates (subject to hydrolysis) is 1. The maximum atomic E-state index is 15.8. The molecule has 1 saturated heterocycles. The quantitative estimate of drug-likeness (QED) is 0.191. The monoisotopic (exact) mass is 708 g/mol. The van der Waals surface area contributed by atoms with Crippen molar-refractivity contribution >= 4 is 46.9 Å². The Morgan fingerprint density at radius 2 is 1.50 bits per heavy atom. The first kappa shape index (κ1) is 34.3. The average molecular weight is 710 g/mol. The Labute approximate surface area is 294 Å². The molecule has 4 aromatic rings. The number of halogens is 4. The van der Waals surface area contributed by atoms with Crippen LogP contribution in [0.1, 0.15) is 67.2 Å². The van der Waals surface area contributed by atoms with Gasteiger partial charge in [0.1, 0.15) is 18.5 Å². The summed E-state index contributed by atoms with van der Waals surface area (Å²) in [5, 5.41) is 14.4. The lowest BCUT2D eigenvalue weighted by molar-refractivity contribution is -0.143. The molecule has 6 nitrogen and oxygen atoms in total. The van der Waals surface area contributed by atoms with Gasteiger partial charge in [-0.25, -0.2) is 9.18 Å². The van der Waals surface area contributed by atoms with Gasteiger partial charge in [-0.05, 0) is 69.5 Å². The van der Waals surface area contributed by atoms with Gasteiger partial charge in [0, 0.05) is 28.8 Å². The predicted octanol–water partition coefficient (Wildman–Crippen LogP) is 9.72. The van der Waals surface area contributed by atoms with Crippen LogP contribution in [0.3, 0.4) is 0 Å². The summed E-state index contributed by atoms with van der Waals surface area (Å²) in [6.07, 6.45) is -0.184. The second-order valence-corrected chi connectivity index (χ2v) is 14.9. The average Bonchev–Trinajstić information content (AvgIpc) is 3.52. The Kier molecular flexibility index (Phi) is 9.78. The van der Waals surface area contributed by atoms with E-state index in [4.69, 9.17) is 39.5 Å². The molecule has 4 aromatic carbocycles. The molecular weight excluding hydrogens is 674 g/mol. The molecule has 1 aliphatic heterocycles. The topological polar surface area (TPSA) is 78.9 Å². The maximum absolute atomic E-state index is 15.8. The molecule has 250 valence electrons. The van der Waals surface area contributed by atoms with Crippen molar-refractivity contribution in [2.45, 2.75) is 57.0 Å². The number of carbonyl (C=O) groups is 2. The Hall–Kier alpha value is -3.62. The number of benzene rings is 4. The third-order valence-electron chi connectivity index (χ3n) is 9.40. The fraction of sp³-hybridized carbons (Fsp3) is 0.316. The van der Waals surface area contributed by atoms with E-state index in [0.717, 1.165) is 22.3 Å². The molecule has 2 N–H and O–H groups in total. The second-order valence-electron chi connectivity index (χ2n) is 13.7. The van der Waals surface area contributed by atoms with Crippen molar-refractivity contribution in [2.24, 2.45) is 5.41 Å². The number of likely N-dealkylation sites (tertiary alicyclic amines) is 1. The van der Waals surface area contributed by atoms with Crippen LogP contribution in [0.5, 0.6) is 0 Å². The number of hydrogen-bond acceptors (Lipinski definition) is 4. The number of carbonyl (C=O) groups excluding carboxylic acids is 1. The Bertz CT molecular complexity index is 1820. The SMILES string of the molecule is CC(C)(C)CC1C(c2ccc(Cl)cc2F)C(c2ccc(Cl)c(Cl)c2)C(C(=O)O)N1CNC(=O)OCC1c2ccccc2-c2ccccc21. The van der Waals surface area contributed by atoms with Gasteiger partial charge in [0.15, 0.2) is 0 Å². The number of hydrogen-bond donors (Lipinski definition) is 2. The summed E-state index contributed by atoms with van der Waals surface area (Å²) >= 11 is 18.8. The van der Waals surface area contributed by atoms with Crippen molar-refractivity contribution in [3.63, 3.8) is 0 Å². The normalized spacial score (nSPS) is 20.7. The van der Waals surface area contributed by atoms with E-state index in [0.29, 0.717) is 22.6 Å². The highest BCUT2D eigenvalue weighted by molar-refractivity contribution is 6.42. The lowest BCUT2D eigenvalue weighted by Crippen LogP contribution is -2.49. The van der Waals surface area contributed by atoms with Gasteiger partial charge in [-0.2, -0.15) is 0 Å². The van der Waals surface area contributed by atoms with E-state index in [1.807, 2.05) is 57.2 Å². The van der Waals surface area contributed by atoms with Gasteiger partial charge in [-0.3, -0.25) is 9.69 Å². The van der Waals surface area contributed by atoms with Crippen LogP contribution in [0.15, 0.2) is 84.9 Å². The van der Waals surface area contributed by atoms with Gasteiger partial charge >= 0.3 is 12.1 Å². The van der Waals surface area contributed by atoms with Crippen LogP contribution in [-0.4, -0.2) is 47.4 Å². The summed E-state index contributed by atoms with van der Waals surface area (Å²) in [5.41, 5.74) is 5.03. The number of amides is 1. The number of nitrogens with zero attached hydrogens (tertiary/aromatic N) is 1. The fourth-order valence-electron chi connectivity index (χ4n) is 7.52. The lowest BCUT2D eigenvalue weighted by atomic mass is 9.74. The first-order valence-corrected chi connectivity index (χ1v) is 16.9. The van der Waals surface area contributed by atoms with Crippen molar-refractivity contribution in [3.8, 4) is 11.1 Å². The smallest absolute Gasteiger partial charge is 0.408 e. The van der Waals surface area contributed by atoms with Gasteiger partial charge < -0.3 is 15.2 Å². The molecule has 1 aliphatic carbocycles. The minimum atomic E-state index is -1.15. The minimum absolute atomic E-state index is 0.109. The molecule has 2 aliphatic rings. The maximum Gasteiger partial charge on any atom is 0.408 e. The molecule has 4 atom stereocenters. The highest BCUT2D eigenvalue weighted by Crippen LogP contribution is 2.52. The number of fused-ring (bicyclic) bond motifs is 3. The third-order valence-corrected chi connectivity index (χ3v) is 10.4. The zero-order chi connectivity index (χ0) is 34.3. The minimum Gasteiger partial charge on any atom is -0.480 e. The molecule has 0 radical (unpaired) electrons. The zero-order valence-corrected chi connectivity index (χ0v) is 29.0. The molecule has 0 bridgehead atoms. The Morgan fingerprint density at radius 3 is 2.08 bits per heavy atom. The molecule has 4 unspecified atom stereocenters. The summed E-state index contributed by atoms with van der Waals surface area (Å²) in [7, 11) is 0. The van der Waals surface area contributed by atoms with Crippen LogP contribution in [0.4, 0.5) is 9.18 Å². The van der Waals surface area contributed by atoms with Crippen LogP contribution >= 0.6 is 34.8 Å². The van der Waals surface area contributed by atoms with Crippen LogP contribution in [0.25, 0.3) is 11.1 Å². The van der Waals surface area contributed by atoms with E-state index in [1.165, 1.54) is 6.07 Å². The van der Waals surface area contributed by atoms with Crippen molar-refractivity contribution in [3.05, 3.63) is 128 Å². The highest BCUT2D eigenvalue weighted by Gasteiger charge is 2.54. The molecule has 1 fully saturated rings. The number of rotatable bonds is 8. The molecule has 1 heterocycles. The lowest BCUT2D eigenvalue weighted by Gasteiger charge is -2.34. The predicted molar refractivity (Wildman–Crippen MR) is 188 cm³/mol. The van der Waals surface area contributed by atoms with Crippen molar-refractivity contribution in [2.75, 3.05) is 13.3 Å². The van der Waals surface area contributed by atoms with Gasteiger partial charge in [0.05, 0.1) is 16.7 Å². The first-order valence-electron chi connectivity index (χ1n) is 15.8. The van der Waals surface area contributed by atoms with E-state index in [2.05, 4.69) is 17.4 Å². The third kappa shape index (κ3) is 6.79. The molecule has 6 rings (SSSR count). The van der Waals surface area contributed by atoms with Gasteiger partial charge in [-0.15, -0.1) is 0 Å². The summed E-state index contributed by atoms with van der Waals surface area (Å²) in [6, 6.07) is 23.9. The number of nitrogens with one attached hydrogen (secondary N) is 1. The molecule has 0 aromatic heterocycles. The second kappa shape index (κ2) is 13.7. The van der Waals surface area contributed by atoms with E-state index >= 15 is 4.39 Å². The number of carboxylic acids is 1. The number of aliphatic carboxylic acids is 1. The molecule has 0 saturated carbocycles. The van der Waals surface area contributed by atoms with E-state index in [-0.39, 0.29) is 34.7 Å². The van der Waals surface area contributed by atoms with Gasteiger partial charge in [-0.1, -0.05) is 116 Å². The Morgan fingerprint density at radius 1 is 0.854 bits per heavy atom. The summed E-state index contributed by atoms with van der Waals surface area (Å²) in [5.74, 6) is -3.16. The molecule has 48 heavy (non-hydrogen) atoms. The van der Waals surface area contributed by atoms with Crippen LogP contribution < -0.4 is 5.32 Å².